The molecular formula is C20H20F3N5S. The van der Waals surface area contributed by atoms with Crippen molar-refractivity contribution in [1.29, 1.82) is 0 Å². The van der Waals surface area contributed by atoms with Crippen LogP contribution in [0.2, 0.25) is 0 Å². The summed E-state index contributed by atoms with van der Waals surface area (Å²) in [5.74, 6) is 0.881. The van der Waals surface area contributed by atoms with Gasteiger partial charge in [0.05, 0.1) is 11.4 Å². The highest BCUT2D eigenvalue weighted by molar-refractivity contribution is 8.00. The van der Waals surface area contributed by atoms with Crippen LogP contribution in [-0.2, 0) is 0 Å². The summed E-state index contributed by atoms with van der Waals surface area (Å²) in [6.07, 6.45) is 2.56. The summed E-state index contributed by atoms with van der Waals surface area (Å²) in [4.78, 5) is 13.4. The van der Waals surface area contributed by atoms with Crippen molar-refractivity contribution in [1.82, 2.24) is 15.0 Å². The zero-order valence-electron chi connectivity index (χ0n) is 15.9. The lowest BCUT2D eigenvalue weighted by molar-refractivity contribution is -0.0328. The third kappa shape index (κ3) is 6.35. The first-order valence-electron chi connectivity index (χ1n) is 9.02. The van der Waals surface area contributed by atoms with Gasteiger partial charge in [-0.25, -0.2) is 4.98 Å². The standard InChI is InChI=1S/C20H20F3N5S/c1-3-13(2)25-19-27-17(16-9-4-5-10-24-16)12-18(28-19)26-14-7-6-8-15(11-14)29-20(21,22)23/h4-13H,3H2,1-2H3,(H2,25,26,27,28)/t13-/m1/s1. The molecule has 0 aliphatic carbocycles. The van der Waals surface area contributed by atoms with Gasteiger partial charge >= 0.3 is 5.51 Å². The second-order valence-corrected chi connectivity index (χ2v) is 7.47. The Morgan fingerprint density at radius 2 is 1.86 bits per heavy atom. The Morgan fingerprint density at radius 3 is 2.55 bits per heavy atom. The molecule has 0 radical (unpaired) electrons. The third-order valence-corrected chi connectivity index (χ3v) is 4.70. The number of aromatic nitrogens is 3. The summed E-state index contributed by atoms with van der Waals surface area (Å²) >= 11 is -0.155. The number of thioether (sulfide) groups is 1. The number of nitrogens with zero attached hydrogens (tertiary/aromatic N) is 3. The van der Waals surface area contributed by atoms with E-state index >= 15 is 0 Å². The van der Waals surface area contributed by atoms with Gasteiger partial charge in [0.1, 0.15) is 5.82 Å². The number of hydrogen-bond acceptors (Lipinski definition) is 6. The molecule has 2 heterocycles. The Balaban J connectivity index is 1.92. The first-order valence-corrected chi connectivity index (χ1v) is 9.84. The van der Waals surface area contributed by atoms with Crippen LogP contribution in [0.5, 0.6) is 0 Å². The number of benzene rings is 1. The van der Waals surface area contributed by atoms with Crippen molar-refractivity contribution in [2.75, 3.05) is 10.6 Å². The summed E-state index contributed by atoms with van der Waals surface area (Å²) in [6.45, 7) is 4.06. The molecule has 2 N–H and O–H groups in total. The van der Waals surface area contributed by atoms with E-state index in [1.807, 2.05) is 32.0 Å². The Kier molecular flexibility index (Phi) is 6.58. The highest BCUT2D eigenvalue weighted by atomic mass is 32.2. The normalized spacial score (nSPS) is 12.4. The lowest BCUT2D eigenvalue weighted by Gasteiger charge is -2.15. The van der Waals surface area contributed by atoms with E-state index in [0.717, 1.165) is 6.42 Å². The molecule has 1 aromatic carbocycles. The maximum Gasteiger partial charge on any atom is 0.446 e. The zero-order valence-corrected chi connectivity index (χ0v) is 16.7. The van der Waals surface area contributed by atoms with Crippen LogP contribution in [-0.4, -0.2) is 26.5 Å². The van der Waals surface area contributed by atoms with Gasteiger partial charge in [0, 0.05) is 28.9 Å². The molecule has 1 atom stereocenters. The molecule has 9 heteroatoms. The van der Waals surface area contributed by atoms with Crippen LogP contribution < -0.4 is 10.6 Å². The van der Waals surface area contributed by atoms with Crippen molar-refractivity contribution in [2.45, 2.75) is 36.7 Å². The molecule has 0 saturated carbocycles. The molecule has 152 valence electrons. The molecule has 0 amide bonds. The van der Waals surface area contributed by atoms with E-state index in [1.165, 1.54) is 12.1 Å². The maximum absolute atomic E-state index is 12.7. The quantitative estimate of drug-likeness (QED) is 0.451. The summed E-state index contributed by atoms with van der Waals surface area (Å²) < 4.78 is 38.0. The molecule has 0 unspecified atom stereocenters. The van der Waals surface area contributed by atoms with E-state index in [4.69, 9.17) is 0 Å². The maximum atomic E-state index is 12.7. The molecule has 0 fully saturated rings. The number of halogens is 3. The number of hydrogen-bond donors (Lipinski definition) is 2. The minimum absolute atomic E-state index is 0.0967. The van der Waals surface area contributed by atoms with Crippen molar-refractivity contribution < 1.29 is 13.2 Å². The smallest absolute Gasteiger partial charge is 0.352 e. The predicted molar refractivity (Wildman–Crippen MR) is 110 cm³/mol. The highest BCUT2D eigenvalue weighted by Gasteiger charge is 2.29. The lowest BCUT2D eigenvalue weighted by Crippen LogP contribution is -2.16. The second kappa shape index (κ2) is 9.13. The summed E-state index contributed by atoms with van der Waals surface area (Å²) in [6, 6.07) is 13.5. The Hall–Kier alpha value is -2.81. The molecule has 29 heavy (non-hydrogen) atoms. The number of nitrogens with one attached hydrogen (secondary N) is 2. The monoisotopic (exact) mass is 419 g/mol. The minimum atomic E-state index is -4.34. The van der Waals surface area contributed by atoms with Gasteiger partial charge < -0.3 is 10.6 Å². The predicted octanol–water partition coefficient (Wildman–Crippen LogP) is 6.10. The van der Waals surface area contributed by atoms with E-state index in [9.17, 15) is 13.2 Å². The van der Waals surface area contributed by atoms with E-state index in [0.29, 0.717) is 28.8 Å². The fraction of sp³-hybridized carbons (Fsp3) is 0.250. The van der Waals surface area contributed by atoms with Crippen molar-refractivity contribution >= 4 is 29.2 Å². The van der Waals surface area contributed by atoms with E-state index in [2.05, 4.69) is 25.6 Å². The lowest BCUT2D eigenvalue weighted by atomic mass is 10.2. The molecule has 3 rings (SSSR count). The van der Waals surface area contributed by atoms with Gasteiger partial charge in [0.15, 0.2) is 0 Å². The molecule has 3 aromatic rings. The molecule has 5 nitrogen and oxygen atoms in total. The molecule has 0 aliphatic heterocycles. The van der Waals surface area contributed by atoms with Gasteiger partial charge in [-0.2, -0.15) is 18.2 Å². The molecular weight excluding hydrogens is 399 g/mol. The van der Waals surface area contributed by atoms with Crippen LogP contribution in [0.3, 0.4) is 0 Å². The highest BCUT2D eigenvalue weighted by Crippen LogP contribution is 2.37. The number of anilines is 3. The number of alkyl halides is 3. The van der Waals surface area contributed by atoms with Crippen LogP contribution >= 0.6 is 11.8 Å². The SMILES string of the molecule is CC[C@@H](C)Nc1nc(Nc2cccc(SC(F)(F)F)c2)cc(-c2ccccn2)n1. The number of rotatable bonds is 7. The van der Waals surface area contributed by atoms with Gasteiger partial charge in [-0.1, -0.05) is 19.1 Å². The summed E-state index contributed by atoms with van der Waals surface area (Å²) in [5.41, 5.74) is -2.56. The molecule has 2 aromatic heterocycles. The van der Waals surface area contributed by atoms with Crippen LogP contribution in [0.4, 0.5) is 30.6 Å². The van der Waals surface area contributed by atoms with Crippen LogP contribution in [0, 0.1) is 0 Å². The fourth-order valence-corrected chi connectivity index (χ4v) is 3.06. The second-order valence-electron chi connectivity index (χ2n) is 6.33. The zero-order chi connectivity index (χ0) is 20.9. The van der Waals surface area contributed by atoms with Gasteiger partial charge in [-0.3, -0.25) is 4.98 Å². The number of pyridine rings is 1. The summed E-state index contributed by atoms with van der Waals surface area (Å²) in [7, 11) is 0. The van der Waals surface area contributed by atoms with Crippen LogP contribution in [0.1, 0.15) is 20.3 Å². The molecule has 0 aliphatic rings. The first kappa shape index (κ1) is 20.9. The largest absolute Gasteiger partial charge is 0.446 e. The van der Waals surface area contributed by atoms with Crippen molar-refractivity contribution in [2.24, 2.45) is 0 Å². The van der Waals surface area contributed by atoms with Gasteiger partial charge in [0.25, 0.3) is 0 Å². The van der Waals surface area contributed by atoms with Crippen LogP contribution in [0.25, 0.3) is 11.4 Å². The topological polar surface area (TPSA) is 62.7 Å². The molecule has 0 spiro atoms. The fourth-order valence-electron chi connectivity index (χ4n) is 2.46. The average Bonchev–Trinajstić information content (AvgIpc) is 2.67. The Morgan fingerprint density at radius 1 is 1.03 bits per heavy atom. The van der Waals surface area contributed by atoms with Crippen molar-refractivity contribution in [3.63, 3.8) is 0 Å². The Bertz CT molecular complexity index is 950. The average molecular weight is 419 g/mol. The van der Waals surface area contributed by atoms with E-state index < -0.39 is 5.51 Å². The van der Waals surface area contributed by atoms with Crippen molar-refractivity contribution in [3.05, 3.63) is 54.7 Å². The Labute approximate surface area is 171 Å². The molecule has 0 saturated heterocycles. The summed E-state index contributed by atoms with van der Waals surface area (Å²) in [5, 5.41) is 6.30. The van der Waals surface area contributed by atoms with Crippen molar-refractivity contribution in [3.8, 4) is 11.4 Å². The first-order chi connectivity index (χ1) is 13.8. The van der Waals surface area contributed by atoms with E-state index in [1.54, 1.807) is 24.4 Å². The molecule has 0 bridgehead atoms. The van der Waals surface area contributed by atoms with Gasteiger partial charge in [-0.15, -0.1) is 0 Å². The van der Waals surface area contributed by atoms with Crippen LogP contribution in [0.15, 0.2) is 59.6 Å². The van der Waals surface area contributed by atoms with Gasteiger partial charge in [0.2, 0.25) is 5.95 Å². The van der Waals surface area contributed by atoms with Gasteiger partial charge in [-0.05, 0) is 55.4 Å². The minimum Gasteiger partial charge on any atom is -0.352 e. The van der Waals surface area contributed by atoms with E-state index in [-0.39, 0.29) is 22.7 Å². The third-order valence-electron chi connectivity index (χ3n) is 3.98.